The quantitative estimate of drug-likeness (QED) is 0.684. The molecule has 1 N–H and O–H groups in total. The van der Waals surface area contributed by atoms with E-state index in [2.05, 4.69) is 18.3 Å². The summed E-state index contributed by atoms with van der Waals surface area (Å²) in [5, 5.41) is 3.56. The summed E-state index contributed by atoms with van der Waals surface area (Å²) in [6.45, 7) is 4.63. The molecule has 1 atom stereocenters. The van der Waals surface area contributed by atoms with Crippen LogP contribution in [-0.2, 0) is 0 Å². The lowest BCUT2D eigenvalue weighted by molar-refractivity contribution is 0.0993. The number of carbonyl (C=O) groups excluding carboxylic acids is 1. The predicted octanol–water partition coefficient (Wildman–Crippen LogP) is 5.16. The lowest BCUT2D eigenvalue weighted by atomic mass is 10.1. The van der Waals surface area contributed by atoms with Gasteiger partial charge in [-0.15, -0.1) is 0 Å². The van der Waals surface area contributed by atoms with Crippen molar-refractivity contribution in [3.05, 3.63) is 89.5 Å². The fourth-order valence-electron chi connectivity index (χ4n) is 3.48. The van der Waals surface area contributed by atoms with Crippen LogP contribution in [0, 0.1) is 6.92 Å². The Morgan fingerprint density at radius 3 is 2.41 bits per heavy atom. The molecule has 0 bridgehead atoms. The molecule has 3 aromatic rings. The first-order chi connectivity index (χ1) is 13.2. The van der Waals surface area contributed by atoms with E-state index < -0.39 is 0 Å². The van der Waals surface area contributed by atoms with Gasteiger partial charge in [-0.3, -0.25) is 9.69 Å². The van der Waals surface area contributed by atoms with Gasteiger partial charge in [-0.25, -0.2) is 0 Å². The third kappa shape index (κ3) is 3.14. The number of aryl methyl sites for hydroxylation is 1. The minimum absolute atomic E-state index is 0.000782. The van der Waals surface area contributed by atoms with Gasteiger partial charge in [0, 0.05) is 22.5 Å². The molecular formula is C23H22N2O2. The van der Waals surface area contributed by atoms with E-state index in [0.29, 0.717) is 6.61 Å². The van der Waals surface area contributed by atoms with Crippen LogP contribution in [0.25, 0.3) is 0 Å². The van der Waals surface area contributed by atoms with Crippen molar-refractivity contribution in [2.24, 2.45) is 0 Å². The fraction of sp³-hybridized carbons (Fsp3) is 0.174. The molecule has 1 aliphatic heterocycles. The molecule has 27 heavy (non-hydrogen) atoms. The van der Waals surface area contributed by atoms with E-state index in [0.717, 1.165) is 33.8 Å². The summed E-state index contributed by atoms with van der Waals surface area (Å²) in [7, 11) is 0. The molecule has 0 aliphatic carbocycles. The smallest absolute Gasteiger partial charge is 0.260 e. The van der Waals surface area contributed by atoms with Gasteiger partial charge in [-0.1, -0.05) is 36.4 Å². The van der Waals surface area contributed by atoms with Crippen molar-refractivity contribution in [1.29, 1.82) is 0 Å². The van der Waals surface area contributed by atoms with Gasteiger partial charge < -0.3 is 10.1 Å². The number of rotatable bonds is 5. The Balaban J connectivity index is 1.74. The number of nitrogens with zero attached hydrogens (tertiary/aromatic N) is 1. The van der Waals surface area contributed by atoms with Crippen LogP contribution < -0.4 is 15.0 Å². The third-order valence-electron chi connectivity index (χ3n) is 4.83. The molecule has 0 spiro atoms. The Hall–Kier alpha value is -3.27. The number of amides is 1. The van der Waals surface area contributed by atoms with E-state index in [1.807, 2.05) is 78.6 Å². The van der Waals surface area contributed by atoms with Crippen LogP contribution in [0.4, 0.5) is 11.4 Å². The second-order valence-electron chi connectivity index (χ2n) is 6.55. The van der Waals surface area contributed by atoms with Crippen molar-refractivity contribution in [3.8, 4) is 5.75 Å². The maximum atomic E-state index is 13.1. The van der Waals surface area contributed by atoms with Gasteiger partial charge >= 0.3 is 0 Å². The maximum Gasteiger partial charge on any atom is 0.260 e. The van der Waals surface area contributed by atoms with Gasteiger partial charge in [-0.2, -0.15) is 0 Å². The molecule has 1 aliphatic rings. The number of benzene rings is 3. The molecular weight excluding hydrogens is 336 g/mol. The molecule has 136 valence electrons. The predicted molar refractivity (Wildman–Crippen MR) is 108 cm³/mol. The van der Waals surface area contributed by atoms with Gasteiger partial charge in [0.05, 0.1) is 6.61 Å². The molecule has 0 saturated heterocycles. The highest BCUT2D eigenvalue weighted by atomic mass is 16.5. The number of fused-ring (bicyclic) bond motifs is 1. The van der Waals surface area contributed by atoms with Crippen molar-refractivity contribution in [3.63, 3.8) is 0 Å². The number of para-hydroxylation sites is 1. The van der Waals surface area contributed by atoms with Crippen LogP contribution in [0.5, 0.6) is 5.75 Å². The van der Waals surface area contributed by atoms with E-state index in [1.54, 1.807) is 0 Å². The van der Waals surface area contributed by atoms with E-state index in [1.165, 1.54) is 0 Å². The number of nitrogens with one attached hydrogen (secondary N) is 1. The van der Waals surface area contributed by atoms with Crippen LogP contribution in [0.2, 0.25) is 0 Å². The summed E-state index contributed by atoms with van der Waals surface area (Å²) in [4.78, 5) is 15.0. The maximum absolute atomic E-state index is 13.1. The highest BCUT2D eigenvalue weighted by Crippen LogP contribution is 2.38. The number of ether oxygens (including phenoxy) is 1. The average molecular weight is 358 g/mol. The molecule has 4 rings (SSSR count). The molecule has 0 aromatic heterocycles. The summed E-state index contributed by atoms with van der Waals surface area (Å²) in [5.41, 5.74) is 4.71. The van der Waals surface area contributed by atoms with Gasteiger partial charge in [0.2, 0.25) is 0 Å². The fourth-order valence-corrected chi connectivity index (χ4v) is 3.48. The minimum Gasteiger partial charge on any atom is -0.494 e. The molecule has 0 radical (unpaired) electrons. The van der Waals surface area contributed by atoms with Crippen molar-refractivity contribution >= 4 is 17.3 Å². The topological polar surface area (TPSA) is 41.6 Å². The number of hydrogen-bond donors (Lipinski definition) is 1. The third-order valence-corrected chi connectivity index (χ3v) is 4.83. The van der Waals surface area contributed by atoms with E-state index in [4.69, 9.17) is 4.74 Å². The van der Waals surface area contributed by atoms with Crippen LogP contribution in [0.1, 0.15) is 34.6 Å². The second kappa shape index (κ2) is 7.16. The van der Waals surface area contributed by atoms with Crippen LogP contribution in [0.15, 0.2) is 72.8 Å². The Labute approximate surface area is 159 Å². The molecule has 4 heteroatoms. The van der Waals surface area contributed by atoms with E-state index in [9.17, 15) is 4.79 Å². The Bertz CT molecular complexity index is 966. The summed E-state index contributed by atoms with van der Waals surface area (Å²) in [5.74, 6) is 0.801. The summed E-state index contributed by atoms with van der Waals surface area (Å²) >= 11 is 0. The summed E-state index contributed by atoms with van der Waals surface area (Å²) < 4.78 is 5.53. The van der Waals surface area contributed by atoms with Gasteiger partial charge in [0.15, 0.2) is 0 Å². The molecule has 1 heterocycles. The minimum atomic E-state index is -0.257. The monoisotopic (exact) mass is 358 g/mol. The van der Waals surface area contributed by atoms with Crippen LogP contribution in [0.3, 0.4) is 0 Å². The zero-order chi connectivity index (χ0) is 18.8. The Kier molecular flexibility index (Phi) is 4.55. The van der Waals surface area contributed by atoms with Crippen molar-refractivity contribution in [2.45, 2.75) is 20.0 Å². The molecule has 0 saturated carbocycles. The van der Waals surface area contributed by atoms with Gasteiger partial charge in [-0.05, 0) is 55.8 Å². The highest BCUT2D eigenvalue weighted by Gasteiger charge is 2.37. The highest BCUT2D eigenvalue weighted by molar-refractivity contribution is 6.11. The number of carbonyl (C=O) groups is 1. The SMILES string of the molecule is CCOc1ccc(N2C(=O)c3ccccc3C2Nc2ccccc2C)cc1. The van der Waals surface area contributed by atoms with Crippen LogP contribution >= 0.6 is 0 Å². The second-order valence-corrected chi connectivity index (χ2v) is 6.55. The van der Waals surface area contributed by atoms with E-state index >= 15 is 0 Å². The zero-order valence-corrected chi connectivity index (χ0v) is 15.5. The first-order valence-corrected chi connectivity index (χ1v) is 9.16. The Morgan fingerprint density at radius 1 is 0.963 bits per heavy atom. The van der Waals surface area contributed by atoms with Gasteiger partial charge in [0.1, 0.15) is 11.9 Å². The molecule has 3 aromatic carbocycles. The molecule has 1 amide bonds. The van der Waals surface area contributed by atoms with Crippen molar-refractivity contribution in [1.82, 2.24) is 0 Å². The molecule has 4 nitrogen and oxygen atoms in total. The normalized spacial score (nSPS) is 15.6. The van der Waals surface area contributed by atoms with Crippen molar-refractivity contribution < 1.29 is 9.53 Å². The Morgan fingerprint density at radius 2 is 1.67 bits per heavy atom. The lowest BCUT2D eigenvalue weighted by Crippen LogP contribution is -2.32. The van der Waals surface area contributed by atoms with E-state index in [-0.39, 0.29) is 12.1 Å². The molecule has 0 fully saturated rings. The summed E-state index contributed by atoms with van der Waals surface area (Å²) in [6, 6.07) is 23.6. The van der Waals surface area contributed by atoms with Gasteiger partial charge in [0.25, 0.3) is 5.91 Å². The average Bonchev–Trinajstić information content (AvgIpc) is 2.97. The number of hydrogen-bond acceptors (Lipinski definition) is 3. The van der Waals surface area contributed by atoms with Crippen LogP contribution in [-0.4, -0.2) is 12.5 Å². The number of anilines is 2. The zero-order valence-electron chi connectivity index (χ0n) is 15.5. The molecule has 1 unspecified atom stereocenters. The first-order valence-electron chi connectivity index (χ1n) is 9.16. The van der Waals surface area contributed by atoms with Crippen molar-refractivity contribution in [2.75, 3.05) is 16.8 Å². The first kappa shape index (κ1) is 17.2. The summed E-state index contributed by atoms with van der Waals surface area (Å²) in [6.07, 6.45) is -0.257. The standard InChI is InChI=1S/C23H22N2O2/c1-3-27-18-14-12-17(13-15-18)25-22(24-21-11-7-4-8-16(21)2)19-9-5-6-10-20(19)23(25)26/h4-15,22,24H,3H2,1-2H3. The largest absolute Gasteiger partial charge is 0.494 e. The lowest BCUT2D eigenvalue weighted by Gasteiger charge is -2.28.